The second kappa shape index (κ2) is 5.88. The van der Waals surface area contributed by atoms with Gasteiger partial charge in [-0.15, -0.1) is 0 Å². The van der Waals surface area contributed by atoms with Gasteiger partial charge in [0, 0.05) is 6.61 Å². The van der Waals surface area contributed by atoms with Gasteiger partial charge in [-0.3, -0.25) is 0 Å². The van der Waals surface area contributed by atoms with Crippen molar-refractivity contribution in [2.75, 3.05) is 18.5 Å². The molecule has 1 aromatic rings. The van der Waals surface area contributed by atoms with Crippen molar-refractivity contribution in [2.45, 2.75) is 45.3 Å². The Bertz CT molecular complexity index is 446. The van der Waals surface area contributed by atoms with Crippen LogP contribution < -0.4 is 10.1 Å². The highest BCUT2D eigenvalue weighted by Gasteiger charge is 2.37. The molecule has 7 heteroatoms. The fraction of sp³-hybridized carbons (Fsp3) is 0.750. The van der Waals surface area contributed by atoms with Crippen LogP contribution in [-0.2, 0) is 4.74 Å². The minimum absolute atomic E-state index is 0.0862. The largest absolute Gasteiger partial charge is 0.463 e. The predicted molar refractivity (Wildman–Crippen MR) is 72.7 cm³/mol. The summed E-state index contributed by atoms with van der Waals surface area (Å²) in [6.07, 6.45) is 1.86. The van der Waals surface area contributed by atoms with E-state index in [1.807, 2.05) is 13.8 Å². The Kier molecular flexibility index (Phi) is 4.42. The van der Waals surface area contributed by atoms with Crippen LogP contribution >= 0.6 is 11.6 Å². The minimum atomic E-state index is -0.202. The zero-order valence-corrected chi connectivity index (χ0v) is 12.2. The summed E-state index contributed by atoms with van der Waals surface area (Å²) in [5.41, 5.74) is -0.202. The van der Waals surface area contributed by atoms with Crippen molar-refractivity contribution < 1.29 is 9.47 Å². The van der Waals surface area contributed by atoms with Crippen LogP contribution in [0.2, 0.25) is 5.28 Å². The van der Waals surface area contributed by atoms with Crippen LogP contribution in [0.5, 0.6) is 6.01 Å². The van der Waals surface area contributed by atoms with Gasteiger partial charge >= 0.3 is 6.01 Å². The summed E-state index contributed by atoms with van der Waals surface area (Å²) in [6, 6.07) is 0.250. The van der Waals surface area contributed by atoms with Gasteiger partial charge in [0.15, 0.2) is 0 Å². The van der Waals surface area contributed by atoms with Crippen LogP contribution in [0.4, 0.5) is 5.95 Å². The lowest BCUT2D eigenvalue weighted by Gasteiger charge is -2.28. The number of rotatable bonds is 5. The van der Waals surface area contributed by atoms with Gasteiger partial charge in [-0.05, 0) is 38.3 Å². The molecule has 1 aliphatic heterocycles. The van der Waals surface area contributed by atoms with Crippen LogP contribution in [0.3, 0.4) is 0 Å². The van der Waals surface area contributed by atoms with E-state index in [0.29, 0.717) is 12.6 Å². The maximum Gasteiger partial charge on any atom is 0.322 e. The second-order valence-corrected chi connectivity index (χ2v) is 5.20. The fourth-order valence-corrected chi connectivity index (χ4v) is 2.05. The van der Waals surface area contributed by atoms with Gasteiger partial charge in [0.05, 0.1) is 18.2 Å². The lowest BCUT2D eigenvalue weighted by Crippen LogP contribution is -2.41. The van der Waals surface area contributed by atoms with Crippen LogP contribution in [0.25, 0.3) is 0 Å². The Morgan fingerprint density at radius 2 is 2.26 bits per heavy atom. The number of aromatic nitrogens is 3. The number of hydrogen-bond acceptors (Lipinski definition) is 6. The standard InChI is InChI=1S/C12H19ClN4O2/c1-4-6-19-11-15-9(13)14-10(16-11)17-12(3)5-7-18-8(12)2/h8H,4-7H2,1-3H3,(H,14,15,16,17). The molecule has 6 nitrogen and oxygen atoms in total. The molecule has 0 aliphatic carbocycles. The molecule has 1 aliphatic rings. The first-order chi connectivity index (χ1) is 9.03. The second-order valence-electron chi connectivity index (χ2n) is 4.86. The van der Waals surface area contributed by atoms with Crippen LogP contribution in [-0.4, -0.2) is 39.8 Å². The summed E-state index contributed by atoms with van der Waals surface area (Å²) < 4.78 is 11.0. The minimum Gasteiger partial charge on any atom is -0.463 e. The van der Waals surface area contributed by atoms with E-state index in [0.717, 1.165) is 19.4 Å². The van der Waals surface area contributed by atoms with Crippen molar-refractivity contribution in [1.82, 2.24) is 15.0 Å². The number of halogens is 1. The van der Waals surface area contributed by atoms with E-state index in [1.54, 1.807) is 0 Å². The Balaban J connectivity index is 2.13. The Hall–Kier alpha value is -1.14. The van der Waals surface area contributed by atoms with Gasteiger partial charge in [-0.1, -0.05) is 6.92 Å². The number of nitrogens with one attached hydrogen (secondary N) is 1. The van der Waals surface area contributed by atoms with Gasteiger partial charge in [0.1, 0.15) is 0 Å². The Morgan fingerprint density at radius 3 is 2.89 bits per heavy atom. The molecule has 2 heterocycles. The third-order valence-corrected chi connectivity index (χ3v) is 3.48. The third kappa shape index (κ3) is 3.45. The van der Waals surface area contributed by atoms with Crippen molar-refractivity contribution in [2.24, 2.45) is 0 Å². The predicted octanol–water partition coefficient (Wildman–Crippen LogP) is 2.29. The molecule has 1 saturated heterocycles. The van der Waals surface area contributed by atoms with Gasteiger partial charge in [-0.2, -0.15) is 15.0 Å². The van der Waals surface area contributed by atoms with Gasteiger partial charge in [-0.25, -0.2) is 0 Å². The first kappa shape index (κ1) is 14.3. The summed E-state index contributed by atoms with van der Waals surface area (Å²) in [5.74, 6) is 0.422. The van der Waals surface area contributed by atoms with Crippen LogP contribution in [0, 0.1) is 0 Å². The molecule has 0 saturated carbocycles. The molecule has 19 heavy (non-hydrogen) atoms. The van der Waals surface area contributed by atoms with Gasteiger partial charge in [0.25, 0.3) is 0 Å². The molecule has 1 N–H and O–H groups in total. The van der Waals surface area contributed by atoms with Crippen LogP contribution in [0.15, 0.2) is 0 Å². The highest BCUT2D eigenvalue weighted by molar-refractivity contribution is 6.28. The van der Waals surface area contributed by atoms with Crippen molar-refractivity contribution in [1.29, 1.82) is 0 Å². The molecule has 106 valence electrons. The Labute approximate surface area is 117 Å². The molecule has 2 rings (SSSR count). The molecule has 0 radical (unpaired) electrons. The van der Waals surface area contributed by atoms with Gasteiger partial charge in [0.2, 0.25) is 11.2 Å². The monoisotopic (exact) mass is 286 g/mol. The summed E-state index contributed by atoms with van der Waals surface area (Å²) >= 11 is 5.88. The lowest BCUT2D eigenvalue weighted by molar-refractivity contribution is 0.105. The van der Waals surface area contributed by atoms with E-state index in [1.165, 1.54) is 0 Å². The quantitative estimate of drug-likeness (QED) is 0.896. The normalized spacial score (nSPS) is 26.4. The van der Waals surface area contributed by atoms with Crippen molar-refractivity contribution >= 4 is 17.5 Å². The summed E-state index contributed by atoms with van der Waals surface area (Å²) in [6.45, 7) is 7.39. The SMILES string of the molecule is CCCOc1nc(Cl)nc(NC2(C)CCOC2C)n1. The third-order valence-electron chi connectivity index (χ3n) is 3.31. The summed E-state index contributed by atoms with van der Waals surface area (Å²) in [4.78, 5) is 12.2. The molecule has 0 amide bonds. The van der Waals surface area contributed by atoms with Crippen molar-refractivity contribution in [3.63, 3.8) is 0 Å². The molecule has 1 fully saturated rings. The number of hydrogen-bond donors (Lipinski definition) is 1. The Morgan fingerprint density at radius 1 is 1.47 bits per heavy atom. The van der Waals surface area contributed by atoms with E-state index in [4.69, 9.17) is 21.1 Å². The fourth-order valence-electron chi connectivity index (χ4n) is 1.90. The molecule has 0 bridgehead atoms. The average molecular weight is 287 g/mol. The maximum absolute atomic E-state index is 5.88. The molecular weight excluding hydrogens is 268 g/mol. The highest BCUT2D eigenvalue weighted by Crippen LogP contribution is 2.28. The molecule has 2 unspecified atom stereocenters. The number of ether oxygens (including phenoxy) is 2. The van der Waals surface area contributed by atoms with E-state index < -0.39 is 0 Å². The summed E-state index contributed by atoms with van der Waals surface area (Å²) in [5, 5.41) is 3.40. The van der Waals surface area contributed by atoms with E-state index in [9.17, 15) is 0 Å². The lowest BCUT2D eigenvalue weighted by atomic mass is 9.95. The van der Waals surface area contributed by atoms with Crippen molar-refractivity contribution in [3.8, 4) is 6.01 Å². The molecule has 1 aromatic heterocycles. The van der Waals surface area contributed by atoms with Gasteiger partial charge < -0.3 is 14.8 Å². The zero-order valence-electron chi connectivity index (χ0n) is 11.4. The molecule has 0 aromatic carbocycles. The van der Waals surface area contributed by atoms with Crippen LogP contribution in [0.1, 0.15) is 33.6 Å². The molecule has 2 atom stereocenters. The first-order valence-corrected chi connectivity index (χ1v) is 6.85. The zero-order chi connectivity index (χ0) is 13.9. The molecular formula is C12H19ClN4O2. The maximum atomic E-state index is 5.88. The smallest absolute Gasteiger partial charge is 0.322 e. The molecule has 0 spiro atoms. The number of anilines is 1. The average Bonchev–Trinajstić information content (AvgIpc) is 2.66. The van der Waals surface area contributed by atoms with E-state index >= 15 is 0 Å². The van der Waals surface area contributed by atoms with E-state index in [-0.39, 0.29) is 22.9 Å². The summed E-state index contributed by atoms with van der Waals surface area (Å²) in [7, 11) is 0. The first-order valence-electron chi connectivity index (χ1n) is 6.47. The van der Waals surface area contributed by atoms with Crippen molar-refractivity contribution in [3.05, 3.63) is 5.28 Å². The number of nitrogens with zero attached hydrogens (tertiary/aromatic N) is 3. The topological polar surface area (TPSA) is 69.2 Å². The highest BCUT2D eigenvalue weighted by atomic mass is 35.5. The van der Waals surface area contributed by atoms with E-state index in [2.05, 4.69) is 27.2 Å².